The molecule has 1 aromatic heterocycles. The molecule has 7 heteroatoms. The van der Waals surface area contributed by atoms with Gasteiger partial charge >= 0.3 is 0 Å². The van der Waals surface area contributed by atoms with Gasteiger partial charge < -0.3 is 15.2 Å². The third-order valence-corrected chi connectivity index (χ3v) is 4.82. The fourth-order valence-electron chi connectivity index (χ4n) is 2.95. The van der Waals surface area contributed by atoms with Crippen LogP contribution in [-0.2, 0) is 6.54 Å². The van der Waals surface area contributed by atoms with Gasteiger partial charge in [-0.1, -0.05) is 19.1 Å². The minimum atomic E-state index is -0.557. The Bertz CT molecular complexity index is 967. The Morgan fingerprint density at radius 1 is 1.26 bits per heavy atom. The average Bonchev–Trinajstić information content (AvgIpc) is 3.33. The number of carbonyl (C=O) groups excluding carboxylic acids is 2. The summed E-state index contributed by atoms with van der Waals surface area (Å²) in [7, 11) is 1.42. The van der Waals surface area contributed by atoms with Crippen molar-refractivity contribution >= 4 is 11.8 Å². The molecule has 1 aliphatic carbocycles. The Balaban J connectivity index is 1.98. The van der Waals surface area contributed by atoms with E-state index in [1.54, 1.807) is 19.1 Å². The molecule has 0 bridgehead atoms. The Kier molecular flexibility index (Phi) is 5.12. The summed E-state index contributed by atoms with van der Waals surface area (Å²) in [6.07, 6.45) is 2.36. The van der Waals surface area contributed by atoms with Gasteiger partial charge in [-0.05, 0) is 42.5 Å². The van der Waals surface area contributed by atoms with Crippen LogP contribution in [0.5, 0.6) is 0 Å². The van der Waals surface area contributed by atoms with Crippen molar-refractivity contribution in [2.24, 2.45) is 5.92 Å². The first-order chi connectivity index (χ1) is 12.8. The van der Waals surface area contributed by atoms with E-state index in [1.165, 1.54) is 29.9 Å². The van der Waals surface area contributed by atoms with E-state index >= 15 is 0 Å². The van der Waals surface area contributed by atoms with Crippen LogP contribution in [0.2, 0.25) is 0 Å². The number of amides is 2. The monoisotopic (exact) mass is 371 g/mol. The number of hydrogen-bond donors (Lipinski definition) is 2. The quantitative estimate of drug-likeness (QED) is 0.842. The van der Waals surface area contributed by atoms with Gasteiger partial charge in [-0.2, -0.15) is 0 Å². The molecule has 1 heterocycles. The predicted molar refractivity (Wildman–Crippen MR) is 99.4 cm³/mol. The molecule has 0 saturated heterocycles. The fraction of sp³-hybridized carbons (Fsp3) is 0.350. The van der Waals surface area contributed by atoms with Crippen molar-refractivity contribution in [1.82, 2.24) is 15.2 Å². The van der Waals surface area contributed by atoms with Gasteiger partial charge in [-0.15, -0.1) is 0 Å². The maximum atomic E-state index is 13.5. The molecule has 27 heavy (non-hydrogen) atoms. The lowest BCUT2D eigenvalue weighted by Crippen LogP contribution is -2.34. The molecule has 1 aliphatic rings. The minimum Gasteiger partial charge on any atom is -0.355 e. The first kappa shape index (κ1) is 18.8. The number of carbonyl (C=O) groups is 2. The summed E-state index contributed by atoms with van der Waals surface area (Å²) < 4.78 is 14.8. The van der Waals surface area contributed by atoms with E-state index in [0.29, 0.717) is 17.0 Å². The number of nitrogens with one attached hydrogen (secondary N) is 2. The summed E-state index contributed by atoms with van der Waals surface area (Å²) in [5, 5.41) is 5.32. The summed E-state index contributed by atoms with van der Waals surface area (Å²) in [4.78, 5) is 37.3. The van der Waals surface area contributed by atoms with Gasteiger partial charge in [-0.3, -0.25) is 14.4 Å². The summed E-state index contributed by atoms with van der Waals surface area (Å²) in [5.41, 5.74) is 0.794. The third kappa shape index (κ3) is 4.07. The molecule has 2 unspecified atom stereocenters. The van der Waals surface area contributed by atoms with Gasteiger partial charge in [0.2, 0.25) is 0 Å². The average molecular weight is 371 g/mol. The Labute approximate surface area is 156 Å². The van der Waals surface area contributed by atoms with Crippen LogP contribution >= 0.6 is 0 Å². The van der Waals surface area contributed by atoms with Crippen LogP contribution in [0.4, 0.5) is 4.39 Å². The maximum absolute atomic E-state index is 13.5. The number of aromatic nitrogens is 1. The van der Waals surface area contributed by atoms with Crippen molar-refractivity contribution in [2.45, 2.75) is 32.9 Å². The van der Waals surface area contributed by atoms with Crippen molar-refractivity contribution in [3.8, 4) is 0 Å². The molecule has 1 aromatic carbocycles. The number of rotatable bonds is 5. The lowest BCUT2D eigenvalue weighted by atomic mass is 10.1. The fourth-order valence-corrected chi connectivity index (χ4v) is 2.95. The van der Waals surface area contributed by atoms with E-state index in [0.717, 1.165) is 6.42 Å². The topological polar surface area (TPSA) is 80.2 Å². The molecule has 142 valence electrons. The van der Waals surface area contributed by atoms with Crippen LogP contribution in [0.1, 0.15) is 45.2 Å². The Morgan fingerprint density at radius 3 is 2.56 bits per heavy atom. The molecule has 2 amide bonds. The third-order valence-electron chi connectivity index (χ3n) is 4.82. The van der Waals surface area contributed by atoms with Crippen LogP contribution in [0.25, 0.3) is 0 Å². The van der Waals surface area contributed by atoms with E-state index in [-0.39, 0.29) is 35.4 Å². The first-order valence-corrected chi connectivity index (χ1v) is 8.82. The second-order valence-electron chi connectivity index (χ2n) is 7.03. The van der Waals surface area contributed by atoms with E-state index in [4.69, 9.17) is 0 Å². The number of hydrogen-bond acceptors (Lipinski definition) is 3. The number of aryl methyl sites for hydroxylation is 1. The zero-order chi connectivity index (χ0) is 19.7. The molecule has 0 radical (unpaired) electrons. The summed E-state index contributed by atoms with van der Waals surface area (Å²) in [6.45, 7) is 3.81. The molecule has 0 spiro atoms. The lowest BCUT2D eigenvalue weighted by molar-refractivity contribution is 0.0948. The lowest BCUT2D eigenvalue weighted by Gasteiger charge is -2.12. The van der Waals surface area contributed by atoms with E-state index in [2.05, 4.69) is 10.6 Å². The molecular weight excluding hydrogens is 349 g/mol. The highest BCUT2D eigenvalue weighted by molar-refractivity contribution is 5.99. The molecule has 2 aromatic rings. The second kappa shape index (κ2) is 7.34. The SMILES string of the molecule is CNC(=O)c1cc(C(=O)NC2CC2C)cn(Cc2ccc(F)c(C)c2)c1=O. The summed E-state index contributed by atoms with van der Waals surface area (Å²) >= 11 is 0. The highest BCUT2D eigenvalue weighted by Gasteiger charge is 2.34. The largest absolute Gasteiger partial charge is 0.355 e. The zero-order valence-corrected chi connectivity index (χ0v) is 15.5. The van der Waals surface area contributed by atoms with Gasteiger partial charge in [0.05, 0.1) is 12.1 Å². The molecule has 2 N–H and O–H groups in total. The van der Waals surface area contributed by atoms with E-state index in [1.807, 2.05) is 6.92 Å². The van der Waals surface area contributed by atoms with Gasteiger partial charge in [0.1, 0.15) is 11.4 Å². The van der Waals surface area contributed by atoms with Crippen molar-refractivity contribution in [3.05, 3.63) is 68.9 Å². The van der Waals surface area contributed by atoms with Gasteiger partial charge in [-0.25, -0.2) is 4.39 Å². The normalized spacial score (nSPS) is 18.1. The van der Waals surface area contributed by atoms with Gasteiger partial charge in [0, 0.05) is 19.3 Å². The molecule has 2 atom stereocenters. The maximum Gasteiger partial charge on any atom is 0.263 e. The first-order valence-electron chi connectivity index (χ1n) is 8.82. The minimum absolute atomic E-state index is 0.104. The molecule has 0 aliphatic heterocycles. The molecule has 1 fully saturated rings. The van der Waals surface area contributed by atoms with Gasteiger partial charge in [0.25, 0.3) is 17.4 Å². The van der Waals surface area contributed by atoms with E-state index < -0.39 is 11.5 Å². The van der Waals surface area contributed by atoms with Crippen molar-refractivity contribution in [1.29, 1.82) is 0 Å². The Hall–Kier alpha value is -2.96. The number of pyridine rings is 1. The Morgan fingerprint density at radius 2 is 1.96 bits per heavy atom. The predicted octanol–water partition coefficient (Wildman–Crippen LogP) is 1.84. The van der Waals surface area contributed by atoms with Crippen LogP contribution in [0, 0.1) is 18.7 Å². The molecule has 3 rings (SSSR count). The zero-order valence-electron chi connectivity index (χ0n) is 15.5. The van der Waals surface area contributed by atoms with Crippen LogP contribution < -0.4 is 16.2 Å². The number of halogens is 1. The summed E-state index contributed by atoms with van der Waals surface area (Å²) in [5.74, 6) is -0.777. The van der Waals surface area contributed by atoms with Crippen LogP contribution in [-0.4, -0.2) is 29.5 Å². The molecule has 6 nitrogen and oxygen atoms in total. The molecular formula is C20H22FN3O3. The smallest absolute Gasteiger partial charge is 0.263 e. The van der Waals surface area contributed by atoms with E-state index in [9.17, 15) is 18.8 Å². The van der Waals surface area contributed by atoms with Crippen molar-refractivity contribution in [2.75, 3.05) is 7.05 Å². The standard InChI is InChI=1S/C20H22FN3O3/c1-11-6-13(4-5-16(11)21)9-24-10-14(18(25)23-17-7-12(17)2)8-15(20(24)27)19(26)22-3/h4-6,8,10,12,17H,7,9H2,1-3H3,(H,22,26)(H,23,25). The molecule has 1 saturated carbocycles. The number of benzene rings is 1. The van der Waals surface area contributed by atoms with Crippen molar-refractivity contribution < 1.29 is 14.0 Å². The van der Waals surface area contributed by atoms with Crippen molar-refractivity contribution in [3.63, 3.8) is 0 Å². The number of nitrogens with zero attached hydrogens (tertiary/aromatic N) is 1. The second-order valence-corrected chi connectivity index (χ2v) is 7.03. The highest BCUT2D eigenvalue weighted by atomic mass is 19.1. The highest BCUT2D eigenvalue weighted by Crippen LogP contribution is 2.29. The van der Waals surface area contributed by atoms with Gasteiger partial charge in [0.15, 0.2) is 0 Å². The summed E-state index contributed by atoms with van der Waals surface area (Å²) in [6, 6.07) is 5.99. The van der Waals surface area contributed by atoms with Crippen LogP contribution in [0.3, 0.4) is 0 Å². The van der Waals surface area contributed by atoms with Crippen LogP contribution in [0.15, 0.2) is 35.3 Å².